The van der Waals surface area contributed by atoms with Crippen LogP contribution in [-0.2, 0) is 31.2 Å². The molecule has 1 heterocycles. The molecule has 0 radical (unpaired) electrons. The zero-order chi connectivity index (χ0) is 14.4. The van der Waals surface area contributed by atoms with Gasteiger partial charge in [0.1, 0.15) is 0 Å². The van der Waals surface area contributed by atoms with E-state index in [0.717, 1.165) is 23.2 Å². The van der Waals surface area contributed by atoms with Crippen molar-refractivity contribution in [3.05, 3.63) is 53.3 Å². The van der Waals surface area contributed by atoms with Crippen LogP contribution >= 0.6 is 0 Å². The Bertz CT molecular complexity index is 577. The van der Waals surface area contributed by atoms with Gasteiger partial charge in [0.25, 0.3) is 0 Å². The normalized spacial score (nSPS) is 10.5. The SMILES string of the molecule is Cn1ccc(CCNC(=O)Cc2ccccc2CN)n1. The van der Waals surface area contributed by atoms with Crippen molar-refractivity contribution >= 4 is 5.91 Å². The lowest BCUT2D eigenvalue weighted by Crippen LogP contribution is -2.27. The van der Waals surface area contributed by atoms with E-state index in [9.17, 15) is 4.79 Å². The quantitative estimate of drug-likeness (QED) is 0.816. The molecule has 106 valence electrons. The highest BCUT2D eigenvalue weighted by atomic mass is 16.1. The smallest absolute Gasteiger partial charge is 0.224 e. The highest BCUT2D eigenvalue weighted by Gasteiger charge is 2.06. The van der Waals surface area contributed by atoms with Crippen LogP contribution < -0.4 is 11.1 Å². The fraction of sp³-hybridized carbons (Fsp3) is 0.333. The van der Waals surface area contributed by atoms with Crippen LogP contribution in [0.15, 0.2) is 36.5 Å². The minimum absolute atomic E-state index is 0.0156. The van der Waals surface area contributed by atoms with Gasteiger partial charge in [-0.25, -0.2) is 0 Å². The van der Waals surface area contributed by atoms with Crippen molar-refractivity contribution in [1.29, 1.82) is 0 Å². The van der Waals surface area contributed by atoms with Gasteiger partial charge >= 0.3 is 0 Å². The van der Waals surface area contributed by atoms with Gasteiger partial charge in [0.15, 0.2) is 0 Å². The van der Waals surface area contributed by atoms with Gasteiger partial charge in [-0.05, 0) is 17.2 Å². The fourth-order valence-corrected chi connectivity index (χ4v) is 2.09. The summed E-state index contributed by atoms with van der Waals surface area (Å²) in [5.41, 5.74) is 8.66. The summed E-state index contributed by atoms with van der Waals surface area (Å²) in [5.74, 6) is 0.0156. The summed E-state index contributed by atoms with van der Waals surface area (Å²) in [5, 5.41) is 7.18. The van der Waals surface area contributed by atoms with Crippen molar-refractivity contribution in [2.24, 2.45) is 12.8 Å². The Morgan fingerprint density at radius 3 is 2.70 bits per heavy atom. The molecule has 5 heteroatoms. The predicted octanol–water partition coefficient (Wildman–Crippen LogP) is 0.780. The lowest BCUT2D eigenvalue weighted by atomic mass is 10.0. The molecule has 3 N–H and O–H groups in total. The summed E-state index contributed by atoms with van der Waals surface area (Å²) in [4.78, 5) is 11.9. The summed E-state index contributed by atoms with van der Waals surface area (Å²) in [6.45, 7) is 1.05. The topological polar surface area (TPSA) is 72.9 Å². The Morgan fingerprint density at radius 2 is 2.05 bits per heavy atom. The van der Waals surface area contributed by atoms with Crippen molar-refractivity contribution in [2.75, 3.05) is 6.54 Å². The second-order valence-corrected chi connectivity index (χ2v) is 4.73. The van der Waals surface area contributed by atoms with Crippen LogP contribution in [0, 0.1) is 0 Å². The largest absolute Gasteiger partial charge is 0.355 e. The molecule has 0 atom stereocenters. The summed E-state index contributed by atoms with van der Waals surface area (Å²) in [7, 11) is 1.88. The summed E-state index contributed by atoms with van der Waals surface area (Å²) >= 11 is 0. The van der Waals surface area contributed by atoms with Gasteiger partial charge < -0.3 is 11.1 Å². The van der Waals surface area contributed by atoms with Gasteiger partial charge in [0.05, 0.1) is 12.1 Å². The van der Waals surface area contributed by atoms with Gasteiger partial charge in [-0.1, -0.05) is 24.3 Å². The molecule has 0 fully saturated rings. The van der Waals surface area contributed by atoms with E-state index in [-0.39, 0.29) is 5.91 Å². The first-order chi connectivity index (χ1) is 9.69. The summed E-state index contributed by atoms with van der Waals surface area (Å²) in [6.07, 6.45) is 3.01. The van der Waals surface area contributed by atoms with Crippen molar-refractivity contribution in [2.45, 2.75) is 19.4 Å². The summed E-state index contributed by atoms with van der Waals surface area (Å²) in [6, 6.07) is 9.72. The second-order valence-electron chi connectivity index (χ2n) is 4.73. The number of nitrogens with one attached hydrogen (secondary N) is 1. The third-order valence-electron chi connectivity index (χ3n) is 3.16. The average molecular weight is 272 g/mol. The van der Waals surface area contributed by atoms with Crippen LogP contribution in [0.3, 0.4) is 0 Å². The van der Waals surface area contributed by atoms with Gasteiger partial charge in [-0.2, -0.15) is 5.10 Å². The number of aryl methyl sites for hydroxylation is 1. The van der Waals surface area contributed by atoms with E-state index in [1.807, 2.05) is 43.6 Å². The van der Waals surface area contributed by atoms with E-state index in [0.29, 0.717) is 19.5 Å². The van der Waals surface area contributed by atoms with E-state index in [1.165, 1.54) is 0 Å². The number of nitrogens with two attached hydrogens (primary N) is 1. The molecule has 0 saturated heterocycles. The Labute approximate surface area is 118 Å². The van der Waals surface area contributed by atoms with E-state index < -0.39 is 0 Å². The highest BCUT2D eigenvalue weighted by Crippen LogP contribution is 2.08. The molecule has 20 heavy (non-hydrogen) atoms. The molecule has 0 bridgehead atoms. The Hall–Kier alpha value is -2.14. The first kappa shape index (κ1) is 14.3. The lowest BCUT2D eigenvalue weighted by molar-refractivity contribution is -0.120. The molecule has 0 saturated carbocycles. The number of carbonyl (C=O) groups excluding carboxylic acids is 1. The van der Waals surface area contributed by atoms with Crippen LogP contribution in [0.4, 0.5) is 0 Å². The standard InChI is InChI=1S/C15H20N4O/c1-19-9-7-14(18-19)6-8-17-15(20)10-12-4-2-3-5-13(12)11-16/h2-5,7,9H,6,8,10-11,16H2,1H3,(H,17,20). The Balaban J connectivity index is 1.80. The molecule has 0 aliphatic carbocycles. The molecule has 2 rings (SSSR count). The summed E-state index contributed by atoms with van der Waals surface area (Å²) < 4.78 is 1.76. The van der Waals surface area contributed by atoms with Crippen molar-refractivity contribution < 1.29 is 4.79 Å². The molecule has 0 unspecified atom stereocenters. The van der Waals surface area contributed by atoms with E-state index in [4.69, 9.17) is 5.73 Å². The predicted molar refractivity (Wildman–Crippen MR) is 78.0 cm³/mol. The third kappa shape index (κ3) is 3.93. The second kappa shape index (κ2) is 6.86. The van der Waals surface area contributed by atoms with E-state index in [2.05, 4.69) is 10.4 Å². The molecule has 0 aliphatic heterocycles. The minimum Gasteiger partial charge on any atom is -0.355 e. The first-order valence-electron chi connectivity index (χ1n) is 6.71. The fourth-order valence-electron chi connectivity index (χ4n) is 2.09. The van der Waals surface area contributed by atoms with Gasteiger partial charge in [0.2, 0.25) is 5.91 Å². The molecular formula is C15H20N4O. The number of hydrogen-bond acceptors (Lipinski definition) is 3. The Kier molecular flexibility index (Phi) is 4.90. The number of rotatable bonds is 6. The van der Waals surface area contributed by atoms with Gasteiger partial charge in [-0.3, -0.25) is 9.48 Å². The zero-order valence-electron chi connectivity index (χ0n) is 11.7. The molecule has 2 aromatic rings. The van der Waals surface area contributed by atoms with Crippen molar-refractivity contribution in [1.82, 2.24) is 15.1 Å². The van der Waals surface area contributed by atoms with E-state index in [1.54, 1.807) is 4.68 Å². The van der Waals surface area contributed by atoms with Crippen LogP contribution in [0.25, 0.3) is 0 Å². The molecule has 1 aromatic carbocycles. The first-order valence-corrected chi connectivity index (χ1v) is 6.71. The van der Waals surface area contributed by atoms with Gasteiger partial charge in [0, 0.05) is 32.8 Å². The number of carbonyl (C=O) groups is 1. The number of aromatic nitrogens is 2. The maximum absolute atomic E-state index is 11.9. The van der Waals surface area contributed by atoms with Crippen LogP contribution in [-0.4, -0.2) is 22.2 Å². The van der Waals surface area contributed by atoms with E-state index >= 15 is 0 Å². The molecule has 1 aromatic heterocycles. The monoisotopic (exact) mass is 272 g/mol. The van der Waals surface area contributed by atoms with Crippen LogP contribution in [0.5, 0.6) is 0 Å². The number of nitrogens with zero attached hydrogens (tertiary/aromatic N) is 2. The van der Waals surface area contributed by atoms with Crippen LogP contribution in [0.2, 0.25) is 0 Å². The maximum Gasteiger partial charge on any atom is 0.224 e. The molecule has 5 nitrogen and oxygen atoms in total. The van der Waals surface area contributed by atoms with Crippen LogP contribution in [0.1, 0.15) is 16.8 Å². The minimum atomic E-state index is 0.0156. The number of hydrogen-bond donors (Lipinski definition) is 2. The molecule has 0 aliphatic rings. The number of benzene rings is 1. The third-order valence-corrected chi connectivity index (χ3v) is 3.16. The molecular weight excluding hydrogens is 252 g/mol. The number of amides is 1. The lowest BCUT2D eigenvalue weighted by Gasteiger charge is -2.08. The van der Waals surface area contributed by atoms with Crippen molar-refractivity contribution in [3.8, 4) is 0 Å². The highest BCUT2D eigenvalue weighted by molar-refractivity contribution is 5.78. The Morgan fingerprint density at radius 1 is 1.30 bits per heavy atom. The molecule has 0 spiro atoms. The zero-order valence-corrected chi connectivity index (χ0v) is 11.7. The molecule has 1 amide bonds. The van der Waals surface area contributed by atoms with Crippen molar-refractivity contribution in [3.63, 3.8) is 0 Å². The van der Waals surface area contributed by atoms with Gasteiger partial charge in [-0.15, -0.1) is 0 Å². The maximum atomic E-state index is 11.9. The average Bonchev–Trinajstić information content (AvgIpc) is 2.85.